The van der Waals surface area contributed by atoms with E-state index in [1.165, 1.54) is 0 Å². The number of nitrogen functional groups attached to an aromatic ring is 1. The Morgan fingerprint density at radius 1 is 1.42 bits per heavy atom. The van der Waals surface area contributed by atoms with Gasteiger partial charge in [-0.2, -0.15) is 31.6 Å². The van der Waals surface area contributed by atoms with Gasteiger partial charge in [-0.15, -0.1) is 0 Å². The van der Waals surface area contributed by atoms with Crippen LogP contribution in [0.15, 0.2) is 16.8 Å². The van der Waals surface area contributed by atoms with Crippen molar-refractivity contribution in [2.45, 2.75) is 0 Å². The molecule has 2 heterocycles. The first kappa shape index (κ1) is 13.0. The molecule has 0 aliphatic rings. The molecule has 7 heteroatoms. The summed E-state index contributed by atoms with van der Waals surface area (Å²) in [6, 6.07) is 4.00. The summed E-state index contributed by atoms with van der Waals surface area (Å²) < 4.78 is 0. The van der Waals surface area contributed by atoms with Gasteiger partial charge in [-0.25, -0.2) is 0 Å². The Labute approximate surface area is 114 Å². The number of hydrogen-bond donors (Lipinski definition) is 1. The number of rotatable bonds is 3. The lowest BCUT2D eigenvalue weighted by molar-refractivity contribution is 0.952. The maximum absolute atomic E-state index is 9.23. The van der Waals surface area contributed by atoms with Crippen molar-refractivity contribution in [2.75, 3.05) is 24.7 Å². The smallest absolute Gasteiger partial charge is 0.230 e. The molecule has 2 rings (SSSR count). The summed E-state index contributed by atoms with van der Waals surface area (Å²) in [5.74, 6) is 0.805. The first-order chi connectivity index (χ1) is 9.10. The lowest BCUT2D eigenvalue weighted by Crippen LogP contribution is -2.15. The van der Waals surface area contributed by atoms with E-state index >= 15 is 0 Å². The Hall–Kier alpha value is -2.46. The number of hydrogen-bond acceptors (Lipinski definition) is 7. The van der Waals surface area contributed by atoms with Gasteiger partial charge in [0.25, 0.3) is 0 Å². The minimum Gasteiger partial charge on any atom is -0.368 e. The van der Waals surface area contributed by atoms with Crippen molar-refractivity contribution in [1.29, 1.82) is 5.26 Å². The summed E-state index contributed by atoms with van der Waals surface area (Å²) in [5, 5.41) is 13.1. The molecule has 2 aromatic rings. The first-order valence-corrected chi connectivity index (χ1v) is 6.37. The van der Waals surface area contributed by atoms with Crippen molar-refractivity contribution in [3.63, 3.8) is 0 Å². The molecule has 0 saturated carbocycles. The van der Waals surface area contributed by atoms with Crippen LogP contribution in [0.5, 0.6) is 0 Å². The summed E-state index contributed by atoms with van der Waals surface area (Å²) >= 11 is 1.56. The van der Waals surface area contributed by atoms with Crippen molar-refractivity contribution >= 4 is 34.9 Å². The van der Waals surface area contributed by atoms with E-state index in [9.17, 15) is 5.26 Å². The molecule has 2 aromatic heterocycles. The third-order valence-corrected chi connectivity index (χ3v) is 2.96. The second-order valence-corrected chi connectivity index (χ2v) is 4.72. The molecule has 0 bridgehead atoms. The quantitative estimate of drug-likeness (QED) is 0.854. The predicted molar refractivity (Wildman–Crippen MR) is 76.4 cm³/mol. The van der Waals surface area contributed by atoms with Crippen LogP contribution >= 0.6 is 11.3 Å². The molecule has 6 nitrogen and oxygen atoms in total. The Bertz CT molecular complexity index is 639. The molecule has 0 aliphatic carbocycles. The van der Waals surface area contributed by atoms with E-state index in [4.69, 9.17) is 5.73 Å². The topological polar surface area (TPSA) is 91.7 Å². The molecular weight excluding hydrogens is 260 g/mol. The van der Waals surface area contributed by atoms with E-state index in [1.807, 2.05) is 16.8 Å². The Balaban J connectivity index is 2.47. The van der Waals surface area contributed by atoms with Crippen LogP contribution in [-0.4, -0.2) is 29.0 Å². The van der Waals surface area contributed by atoms with Gasteiger partial charge in [-0.3, -0.25) is 0 Å². The van der Waals surface area contributed by atoms with E-state index < -0.39 is 0 Å². The molecule has 0 fully saturated rings. The molecule has 0 unspecified atom stereocenters. The third kappa shape index (κ3) is 3.05. The highest BCUT2D eigenvalue weighted by Crippen LogP contribution is 2.18. The van der Waals surface area contributed by atoms with Crippen molar-refractivity contribution in [2.24, 2.45) is 0 Å². The molecule has 19 heavy (non-hydrogen) atoms. The SMILES string of the molecule is CN(C)c1nc(N)nc(/C(C#N)=C\c2ccsc2)n1. The molecular formula is C12H12N6S. The second-order valence-electron chi connectivity index (χ2n) is 3.94. The number of nitriles is 1. The van der Waals surface area contributed by atoms with Gasteiger partial charge in [0.15, 0.2) is 5.82 Å². The molecule has 0 aliphatic heterocycles. The predicted octanol–water partition coefficient (Wildman–Crippen LogP) is 1.65. The molecule has 0 atom stereocenters. The summed E-state index contributed by atoms with van der Waals surface area (Å²) in [6.45, 7) is 0. The van der Waals surface area contributed by atoms with Crippen LogP contribution in [0, 0.1) is 11.3 Å². The zero-order valence-electron chi connectivity index (χ0n) is 10.5. The van der Waals surface area contributed by atoms with Crippen molar-refractivity contribution < 1.29 is 0 Å². The number of anilines is 2. The fourth-order valence-corrected chi connectivity index (χ4v) is 1.99. The van der Waals surface area contributed by atoms with Crippen LogP contribution < -0.4 is 10.6 Å². The van der Waals surface area contributed by atoms with Crippen molar-refractivity contribution in [1.82, 2.24) is 15.0 Å². The molecule has 0 radical (unpaired) electrons. The van der Waals surface area contributed by atoms with Gasteiger partial charge >= 0.3 is 0 Å². The standard InChI is InChI=1S/C12H12N6S/c1-18(2)12-16-10(15-11(14)17-12)9(6-13)5-8-3-4-19-7-8/h3-5,7H,1-2H3,(H2,14,15,16,17)/b9-5-. The van der Waals surface area contributed by atoms with E-state index in [0.29, 0.717) is 11.5 Å². The Kier molecular flexibility index (Phi) is 3.73. The van der Waals surface area contributed by atoms with E-state index in [1.54, 1.807) is 36.4 Å². The highest BCUT2D eigenvalue weighted by Gasteiger charge is 2.10. The molecule has 0 aromatic carbocycles. The van der Waals surface area contributed by atoms with Crippen LogP contribution in [0.3, 0.4) is 0 Å². The third-order valence-electron chi connectivity index (χ3n) is 2.26. The van der Waals surface area contributed by atoms with Gasteiger partial charge in [-0.1, -0.05) is 0 Å². The summed E-state index contributed by atoms with van der Waals surface area (Å²) in [5.41, 5.74) is 6.93. The maximum atomic E-state index is 9.23. The monoisotopic (exact) mass is 272 g/mol. The second kappa shape index (κ2) is 5.46. The minimum absolute atomic E-state index is 0.0974. The lowest BCUT2D eigenvalue weighted by Gasteiger charge is -2.10. The van der Waals surface area contributed by atoms with Gasteiger partial charge in [0.05, 0.1) is 5.57 Å². The van der Waals surface area contributed by atoms with Crippen LogP contribution in [-0.2, 0) is 0 Å². The number of nitrogens with two attached hydrogens (primary N) is 1. The number of aromatic nitrogens is 3. The largest absolute Gasteiger partial charge is 0.368 e. The minimum atomic E-state index is 0.0974. The van der Waals surface area contributed by atoms with E-state index in [0.717, 1.165) is 5.56 Å². The molecule has 0 saturated heterocycles. The Morgan fingerprint density at radius 2 is 2.21 bits per heavy atom. The highest BCUT2D eigenvalue weighted by atomic mass is 32.1. The first-order valence-electron chi connectivity index (χ1n) is 5.43. The zero-order chi connectivity index (χ0) is 13.8. The fourth-order valence-electron chi connectivity index (χ4n) is 1.37. The van der Waals surface area contributed by atoms with Crippen LogP contribution in [0.2, 0.25) is 0 Å². The average molecular weight is 272 g/mol. The average Bonchev–Trinajstić information content (AvgIpc) is 2.88. The number of allylic oxidation sites excluding steroid dienone is 1. The van der Waals surface area contributed by atoms with Gasteiger partial charge in [0.2, 0.25) is 11.9 Å². The van der Waals surface area contributed by atoms with Gasteiger partial charge < -0.3 is 10.6 Å². The van der Waals surface area contributed by atoms with Crippen LogP contribution in [0.1, 0.15) is 11.4 Å². The maximum Gasteiger partial charge on any atom is 0.230 e. The molecule has 0 spiro atoms. The molecule has 0 amide bonds. The highest BCUT2D eigenvalue weighted by molar-refractivity contribution is 7.08. The summed E-state index contributed by atoms with van der Waals surface area (Å²) in [6.07, 6.45) is 1.73. The molecule has 96 valence electrons. The van der Waals surface area contributed by atoms with E-state index in [2.05, 4.69) is 21.0 Å². The normalized spacial score (nSPS) is 11.1. The molecule has 2 N–H and O–H groups in total. The van der Waals surface area contributed by atoms with Gasteiger partial charge in [-0.05, 0) is 28.5 Å². The van der Waals surface area contributed by atoms with Crippen LogP contribution in [0.25, 0.3) is 11.6 Å². The van der Waals surface area contributed by atoms with Crippen molar-refractivity contribution in [3.05, 3.63) is 28.2 Å². The number of nitrogens with zero attached hydrogens (tertiary/aromatic N) is 5. The lowest BCUT2D eigenvalue weighted by atomic mass is 10.2. The van der Waals surface area contributed by atoms with Gasteiger partial charge in [0.1, 0.15) is 6.07 Å². The van der Waals surface area contributed by atoms with Crippen LogP contribution in [0.4, 0.5) is 11.9 Å². The fraction of sp³-hybridized carbons (Fsp3) is 0.167. The van der Waals surface area contributed by atoms with Gasteiger partial charge in [0, 0.05) is 14.1 Å². The van der Waals surface area contributed by atoms with Crippen molar-refractivity contribution in [3.8, 4) is 6.07 Å². The zero-order valence-corrected chi connectivity index (χ0v) is 11.3. The van der Waals surface area contributed by atoms with E-state index in [-0.39, 0.29) is 11.8 Å². The summed E-state index contributed by atoms with van der Waals surface area (Å²) in [7, 11) is 3.60. The summed E-state index contributed by atoms with van der Waals surface area (Å²) in [4.78, 5) is 13.9. The Morgan fingerprint density at radius 3 is 2.79 bits per heavy atom. The number of thiophene rings is 1.